The van der Waals surface area contributed by atoms with E-state index in [4.69, 9.17) is 10.5 Å². The van der Waals surface area contributed by atoms with E-state index in [9.17, 15) is 9.59 Å². The lowest BCUT2D eigenvalue weighted by molar-refractivity contribution is -0.146. The lowest BCUT2D eigenvalue weighted by Gasteiger charge is -2.27. The molecule has 1 saturated carbocycles. The summed E-state index contributed by atoms with van der Waals surface area (Å²) >= 11 is 0. The van der Waals surface area contributed by atoms with Crippen LogP contribution >= 0.6 is 0 Å². The van der Waals surface area contributed by atoms with Crippen LogP contribution in [-0.4, -0.2) is 25.5 Å². The fourth-order valence-electron chi connectivity index (χ4n) is 2.69. The molecule has 1 aromatic rings. The SMILES string of the molecule is COC(=O)C1CCC(CNC(=O)c2cc#ccc2N)CC1. The maximum absolute atomic E-state index is 12.0. The zero-order chi connectivity index (χ0) is 15.2. The first-order chi connectivity index (χ1) is 10.1. The molecule has 0 aromatic heterocycles. The molecule has 0 saturated heterocycles. The number of nitrogens with two attached hydrogens (primary N) is 1. The lowest BCUT2D eigenvalue weighted by atomic mass is 9.82. The molecule has 1 amide bonds. The van der Waals surface area contributed by atoms with Crippen molar-refractivity contribution in [3.05, 3.63) is 29.8 Å². The second-order valence-electron chi connectivity index (χ2n) is 5.40. The number of hydrogen-bond acceptors (Lipinski definition) is 4. The minimum absolute atomic E-state index is 0.0110. The Morgan fingerprint density at radius 3 is 2.57 bits per heavy atom. The van der Waals surface area contributed by atoms with Crippen LogP contribution in [-0.2, 0) is 9.53 Å². The van der Waals surface area contributed by atoms with Crippen LogP contribution in [0.25, 0.3) is 0 Å². The van der Waals surface area contributed by atoms with Gasteiger partial charge in [0.05, 0.1) is 24.3 Å². The van der Waals surface area contributed by atoms with Crippen molar-refractivity contribution in [3.63, 3.8) is 0 Å². The van der Waals surface area contributed by atoms with Crippen molar-refractivity contribution < 1.29 is 14.3 Å². The Morgan fingerprint density at radius 2 is 1.95 bits per heavy atom. The molecule has 0 unspecified atom stereocenters. The van der Waals surface area contributed by atoms with Gasteiger partial charge in [0.25, 0.3) is 5.91 Å². The van der Waals surface area contributed by atoms with Crippen LogP contribution < -0.4 is 11.1 Å². The monoisotopic (exact) mass is 288 g/mol. The average Bonchev–Trinajstić information content (AvgIpc) is 2.52. The van der Waals surface area contributed by atoms with E-state index >= 15 is 0 Å². The molecule has 0 heterocycles. The number of nitrogen functional groups attached to an aromatic ring is 1. The minimum Gasteiger partial charge on any atom is -0.469 e. The van der Waals surface area contributed by atoms with E-state index in [-0.39, 0.29) is 17.8 Å². The normalized spacial score (nSPS) is 21.2. The molecule has 1 aromatic carbocycles. The summed E-state index contributed by atoms with van der Waals surface area (Å²) in [7, 11) is 1.42. The summed E-state index contributed by atoms with van der Waals surface area (Å²) in [4.78, 5) is 23.5. The van der Waals surface area contributed by atoms with Crippen LogP contribution in [0, 0.1) is 24.0 Å². The number of carbonyl (C=O) groups is 2. The second-order valence-corrected chi connectivity index (χ2v) is 5.40. The standard InChI is InChI=1S/C16H20N2O3/c1-21-16(20)12-8-6-11(7-9-12)10-18-15(19)13-4-2-3-5-14(13)17/h4-5,11-12H,6-10,17H2,1H3,(H,18,19). The molecule has 1 fully saturated rings. The summed E-state index contributed by atoms with van der Waals surface area (Å²) in [6.07, 6.45) is 3.49. The largest absolute Gasteiger partial charge is 0.469 e. The first kappa shape index (κ1) is 15.2. The van der Waals surface area contributed by atoms with E-state index in [0.717, 1.165) is 25.7 Å². The molecule has 1 aliphatic carbocycles. The summed E-state index contributed by atoms with van der Waals surface area (Å²) in [6.45, 7) is 0.602. The smallest absolute Gasteiger partial charge is 0.308 e. The Morgan fingerprint density at radius 1 is 1.29 bits per heavy atom. The lowest BCUT2D eigenvalue weighted by Crippen LogP contribution is -2.33. The van der Waals surface area contributed by atoms with Crippen LogP contribution in [0.1, 0.15) is 36.0 Å². The quantitative estimate of drug-likeness (QED) is 0.824. The van der Waals surface area contributed by atoms with Crippen molar-refractivity contribution in [2.75, 3.05) is 19.4 Å². The predicted octanol–water partition coefficient (Wildman–Crippen LogP) is 1.58. The molecule has 0 bridgehead atoms. The van der Waals surface area contributed by atoms with Gasteiger partial charge in [0.15, 0.2) is 0 Å². The van der Waals surface area contributed by atoms with Gasteiger partial charge in [-0.2, -0.15) is 0 Å². The molecule has 112 valence electrons. The highest BCUT2D eigenvalue weighted by atomic mass is 16.5. The van der Waals surface area contributed by atoms with E-state index in [2.05, 4.69) is 17.4 Å². The first-order valence-electron chi connectivity index (χ1n) is 7.15. The van der Waals surface area contributed by atoms with Gasteiger partial charge in [-0.05, 0) is 31.6 Å². The van der Waals surface area contributed by atoms with Crippen LogP contribution in [0.2, 0.25) is 0 Å². The summed E-state index contributed by atoms with van der Waals surface area (Å²) < 4.78 is 4.77. The van der Waals surface area contributed by atoms with Crippen LogP contribution in [0.3, 0.4) is 0 Å². The Bertz CT molecular complexity index is 508. The molecule has 0 aliphatic heterocycles. The highest BCUT2D eigenvalue weighted by molar-refractivity contribution is 5.98. The van der Waals surface area contributed by atoms with Crippen molar-refractivity contribution in [3.8, 4) is 0 Å². The van der Waals surface area contributed by atoms with Crippen molar-refractivity contribution in [1.82, 2.24) is 5.32 Å². The number of hydrogen-bond donors (Lipinski definition) is 2. The highest BCUT2D eigenvalue weighted by Gasteiger charge is 2.27. The Labute approximate surface area is 124 Å². The number of ether oxygens (including phenoxy) is 1. The molecule has 1 aliphatic rings. The molecular weight excluding hydrogens is 268 g/mol. The average molecular weight is 288 g/mol. The zero-order valence-electron chi connectivity index (χ0n) is 12.1. The Balaban J connectivity index is 1.79. The summed E-state index contributed by atoms with van der Waals surface area (Å²) in [5.41, 5.74) is 6.56. The fourth-order valence-corrected chi connectivity index (χ4v) is 2.69. The third-order valence-corrected chi connectivity index (χ3v) is 4.02. The van der Waals surface area contributed by atoms with Crippen molar-refractivity contribution in [1.29, 1.82) is 0 Å². The number of amides is 1. The number of rotatable bonds is 4. The second kappa shape index (κ2) is 6.98. The van der Waals surface area contributed by atoms with Crippen molar-refractivity contribution in [2.45, 2.75) is 25.7 Å². The maximum Gasteiger partial charge on any atom is 0.308 e. The fraction of sp³-hybridized carbons (Fsp3) is 0.500. The van der Waals surface area contributed by atoms with E-state index in [0.29, 0.717) is 23.7 Å². The molecule has 5 nitrogen and oxygen atoms in total. The molecule has 3 N–H and O–H groups in total. The van der Waals surface area contributed by atoms with Crippen molar-refractivity contribution in [2.24, 2.45) is 11.8 Å². The van der Waals surface area contributed by atoms with Crippen LogP contribution in [0.5, 0.6) is 0 Å². The molecule has 0 radical (unpaired) electrons. The van der Waals surface area contributed by atoms with Gasteiger partial charge < -0.3 is 15.8 Å². The van der Waals surface area contributed by atoms with Crippen LogP contribution in [0.15, 0.2) is 12.1 Å². The topological polar surface area (TPSA) is 81.4 Å². The van der Waals surface area contributed by atoms with Gasteiger partial charge in [0.1, 0.15) is 0 Å². The first-order valence-corrected chi connectivity index (χ1v) is 7.15. The summed E-state index contributed by atoms with van der Waals surface area (Å²) in [6, 6.07) is 8.52. The summed E-state index contributed by atoms with van der Waals surface area (Å²) in [5, 5.41) is 2.90. The highest BCUT2D eigenvalue weighted by Crippen LogP contribution is 2.29. The molecule has 0 spiro atoms. The summed E-state index contributed by atoms with van der Waals surface area (Å²) in [5.74, 6) is 0.0985. The number of nitrogens with one attached hydrogen (secondary N) is 1. The van der Waals surface area contributed by atoms with Gasteiger partial charge in [-0.3, -0.25) is 9.59 Å². The van der Waals surface area contributed by atoms with E-state index in [1.807, 2.05) is 0 Å². The third kappa shape index (κ3) is 3.88. The zero-order valence-corrected chi connectivity index (χ0v) is 12.1. The van der Waals surface area contributed by atoms with E-state index in [1.54, 1.807) is 6.07 Å². The van der Waals surface area contributed by atoms with Gasteiger partial charge >= 0.3 is 5.97 Å². The van der Waals surface area contributed by atoms with Gasteiger partial charge in [-0.25, -0.2) is 0 Å². The number of methoxy groups -OCH3 is 1. The Hall–Kier alpha value is -2.22. The number of esters is 1. The van der Waals surface area contributed by atoms with E-state index < -0.39 is 0 Å². The van der Waals surface area contributed by atoms with Gasteiger partial charge in [-0.15, -0.1) is 0 Å². The van der Waals surface area contributed by atoms with Gasteiger partial charge in [-0.1, -0.05) is 12.1 Å². The maximum atomic E-state index is 12.0. The number of anilines is 1. The molecule has 2 rings (SSSR count). The van der Waals surface area contributed by atoms with Gasteiger partial charge in [0.2, 0.25) is 0 Å². The molecule has 0 atom stereocenters. The molecule has 21 heavy (non-hydrogen) atoms. The predicted molar refractivity (Wildman–Crippen MR) is 78.3 cm³/mol. The molecular formula is C16H20N2O3. The third-order valence-electron chi connectivity index (χ3n) is 4.02. The van der Waals surface area contributed by atoms with Crippen LogP contribution in [0.4, 0.5) is 5.69 Å². The minimum atomic E-state index is -0.187. The Kier molecular flexibility index (Phi) is 5.04. The van der Waals surface area contributed by atoms with Crippen molar-refractivity contribution >= 4 is 17.6 Å². The number of carbonyl (C=O) groups excluding carboxylic acids is 2. The van der Waals surface area contributed by atoms with Gasteiger partial charge in [0, 0.05) is 18.7 Å². The van der Waals surface area contributed by atoms with E-state index in [1.165, 1.54) is 13.2 Å². The molecule has 5 heteroatoms.